The van der Waals surface area contributed by atoms with Crippen LogP contribution in [0.4, 0.5) is 5.69 Å². The normalized spacial score (nSPS) is 24.7. The second-order valence-electron chi connectivity index (χ2n) is 7.36. The first-order chi connectivity index (χ1) is 11.1. The summed E-state index contributed by atoms with van der Waals surface area (Å²) >= 11 is 0. The summed E-state index contributed by atoms with van der Waals surface area (Å²) in [5.74, 6) is 0. The molecule has 4 nitrogen and oxygen atoms in total. The number of para-hydroxylation sites is 1. The number of nitrogens with zero attached hydrogens (tertiary/aromatic N) is 3. The fourth-order valence-corrected chi connectivity index (χ4v) is 3.96. The van der Waals surface area contributed by atoms with Crippen molar-refractivity contribution in [3.63, 3.8) is 0 Å². The van der Waals surface area contributed by atoms with E-state index in [0.29, 0.717) is 12.1 Å². The predicted octanol–water partition coefficient (Wildman–Crippen LogP) is 2.01. The Bertz CT molecular complexity index is 496. The van der Waals surface area contributed by atoms with Gasteiger partial charge in [0.1, 0.15) is 0 Å². The number of rotatable bonds is 4. The maximum atomic E-state index is 3.53. The Morgan fingerprint density at radius 3 is 2.65 bits per heavy atom. The highest BCUT2D eigenvalue weighted by molar-refractivity contribution is 5.54. The van der Waals surface area contributed by atoms with E-state index >= 15 is 0 Å². The molecule has 2 aliphatic heterocycles. The van der Waals surface area contributed by atoms with Crippen molar-refractivity contribution in [2.24, 2.45) is 0 Å². The van der Waals surface area contributed by atoms with Crippen LogP contribution in [0, 0.1) is 0 Å². The lowest BCUT2D eigenvalue weighted by Gasteiger charge is -2.38. The largest absolute Gasteiger partial charge is 0.371 e. The summed E-state index contributed by atoms with van der Waals surface area (Å²) in [5.41, 5.74) is 2.90. The van der Waals surface area contributed by atoms with E-state index in [1.807, 2.05) is 0 Å². The van der Waals surface area contributed by atoms with Gasteiger partial charge in [0.25, 0.3) is 0 Å². The molecule has 1 N–H and O–H groups in total. The van der Waals surface area contributed by atoms with Crippen molar-refractivity contribution >= 4 is 5.69 Å². The summed E-state index contributed by atoms with van der Waals surface area (Å²) in [6.07, 6.45) is 2.54. The molecule has 23 heavy (non-hydrogen) atoms. The van der Waals surface area contributed by atoms with Gasteiger partial charge in [-0.15, -0.1) is 0 Å². The molecule has 1 aromatic rings. The van der Waals surface area contributed by atoms with Gasteiger partial charge in [0, 0.05) is 51.0 Å². The van der Waals surface area contributed by atoms with Crippen molar-refractivity contribution in [3.05, 3.63) is 29.8 Å². The number of anilines is 1. The highest BCUT2D eigenvalue weighted by atomic mass is 15.2. The molecule has 0 spiro atoms. The van der Waals surface area contributed by atoms with Crippen molar-refractivity contribution in [1.29, 1.82) is 0 Å². The zero-order valence-electron chi connectivity index (χ0n) is 15.0. The second-order valence-corrected chi connectivity index (χ2v) is 7.36. The Labute approximate surface area is 141 Å². The zero-order chi connectivity index (χ0) is 16.2. The summed E-state index contributed by atoms with van der Waals surface area (Å²) < 4.78 is 0. The van der Waals surface area contributed by atoms with Crippen LogP contribution in [0.3, 0.4) is 0 Å². The molecule has 1 atom stereocenters. The topological polar surface area (TPSA) is 21.8 Å². The van der Waals surface area contributed by atoms with Gasteiger partial charge in [0.05, 0.1) is 0 Å². The number of piperazine rings is 1. The number of likely N-dealkylation sites (tertiary alicyclic amines) is 1. The zero-order valence-corrected chi connectivity index (χ0v) is 15.0. The fourth-order valence-electron chi connectivity index (χ4n) is 3.96. The Hall–Kier alpha value is -1.10. The molecule has 0 bridgehead atoms. The van der Waals surface area contributed by atoms with Gasteiger partial charge >= 0.3 is 0 Å². The standard InChI is InChI=1S/C19H32N4/c1-16-14-23(13-10-20-16)15-17-6-4-5-7-19(17)22(3)18-8-11-21(2)12-9-18/h4-7,16,18,20H,8-15H2,1-3H3/t16-/m0/s1. The van der Waals surface area contributed by atoms with Gasteiger partial charge in [-0.3, -0.25) is 4.90 Å². The molecular weight excluding hydrogens is 284 g/mol. The summed E-state index contributed by atoms with van der Waals surface area (Å²) in [4.78, 5) is 7.56. The fraction of sp³-hybridized carbons (Fsp3) is 0.684. The molecule has 2 saturated heterocycles. The Kier molecular flexibility index (Phi) is 5.57. The van der Waals surface area contributed by atoms with E-state index in [-0.39, 0.29) is 0 Å². The van der Waals surface area contributed by atoms with Crippen molar-refractivity contribution in [2.45, 2.75) is 38.4 Å². The Morgan fingerprint density at radius 1 is 1.17 bits per heavy atom. The van der Waals surface area contributed by atoms with Crippen molar-refractivity contribution in [1.82, 2.24) is 15.1 Å². The number of hydrogen-bond acceptors (Lipinski definition) is 4. The smallest absolute Gasteiger partial charge is 0.0411 e. The molecule has 128 valence electrons. The van der Waals surface area contributed by atoms with Crippen LogP contribution in [-0.2, 0) is 6.54 Å². The lowest BCUT2D eigenvalue weighted by Crippen LogP contribution is -2.48. The molecule has 0 aliphatic carbocycles. The van der Waals surface area contributed by atoms with Gasteiger partial charge in [-0.25, -0.2) is 0 Å². The van der Waals surface area contributed by atoms with E-state index in [4.69, 9.17) is 0 Å². The third-order valence-corrected chi connectivity index (χ3v) is 5.45. The van der Waals surface area contributed by atoms with Crippen molar-refractivity contribution in [3.8, 4) is 0 Å². The third-order valence-electron chi connectivity index (χ3n) is 5.45. The van der Waals surface area contributed by atoms with Gasteiger partial charge in [-0.05, 0) is 51.5 Å². The first-order valence-corrected chi connectivity index (χ1v) is 9.08. The van der Waals surface area contributed by atoms with Crippen molar-refractivity contribution in [2.75, 3.05) is 51.7 Å². The summed E-state index contributed by atoms with van der Waals surface area (Å²) in [6.45, 7) is 9.18. The maximum Gasteiger partial charge on any atom is 0.0411 e. The maximum absolute atomic E-state index is 3.53. The first kappa shape index (κ1) is 16.7. The lowest BCUT2D eigenvalue weighted by molar-refractivity contribution is 0.199. The number of benzene rings is 1. The molecule has 2 fully saturated rings. The highest BCUT2D eigenvalue weighted by Crippen LogP contribution is 2.26. The van der Waals surface area contributed by atoms with E-state index in [9.17, 15) is 0 Å². The number of nitrogens with one attached hydrogen (secondary N) is 1. The highest BCUT2D eigenvalue weighted by Gasteiger charge is 2.23. The molecule has 0 radical (unpaired) electrons. The summed E-state index contributed by atoms with van der Waals surface area (Å²) in [7, 11) is 4.52. The molecule has 0 aromatic heterocycles. The molecular formula is C19H32N4. The van der Waals surface area contributed by atoms with E-state index in [1.165, 1.54) is 37.2 Å². The Balaban J connectivity index is 1.69. The van der Waals surface area contributed by atoms with Crippen LogP contribution in [0.2, 0.25) is 0 Å². The minimum Gasteiger partial charge on any atom is -0.371 e. The van der Waals surface area contributed by atoms with Crippen LogP contribution in [0.25, 0.3) is 0 Å². The molecule has 0 amide bonds. The van der Waals surface area contributed by atoms with E-state index in [2.05, 4.69) is 65.3 Å². The summed E-state index contributed by atoms with van der Waals surface area (Å²) in [6, 6.07) is 10.3. The Morgan fingerprint density at radius 2 is 1.91 bits per heavy atom. The molecule has 1 aromatic carbocycles. The van der Waals surface area contributed by atoms with E-state index in [0.717, 1.165) is 26.2 Å². The van der Waals surface area contributed by atoms with E-state index in [1.54, 1.807) is 0 Å². The summed E-state index contributed by atoms with van der Waals surface area (Å²) in [5, 5.41) is 3.53. The second kappa shape index (κ2) is 7.65. The molecule has 0 saturated carbocycles. The molecule has 2 aliphatic rings. The van der Waals surface area contributed by atoms with Gasteiger partial charge in [0.15, 0.2) is 0 Å². The number of hydrogen-bond donors (Lipinski definition) is 1. The minimum absolute atomic E-state index is 0.600. The van der Waals surface area contributed by atoms with Crippen LogP contribution in [0.15, 0.2) is 24.3 Å². The van der Waals surface area contributed by atoms with Gasteiger partial charge in [-0.1, -0.05) is 18.2 Å². The molecule has 3 rings (SSSR count). The first-order valence-electron chi connectivity index (χ1n) is 9.08. The van der Waals surface area contributed by atoms with Crippen LogP contribution in [-0.4, -0.2) is 68.7 Å². The van der Waals surface area contributed by atoms with E-state index < -0.39 is 0 Å². The average Bonchev–Trinajstić information content (AvgIpc) is 2.55. The third kappa shape index (κ3) is 4.25. The molecule has 4 heteroatoms. The molecule has 2 heterocycles. The van der Waals surface area contributed by atoms with Crippen LogP contribution in [0.1, 0.15) is 25.3 Å². The minimum atomic E-state index is 0.600. The molecule has 0 unspecified atom stereocenters. The monoisotopic (exact) mass is 316 g/mol. The number of piperidine rings is 1. The van der Waals surface area contributed by atoms with Crippen molar-refractivity contribution < 1.29 is 0 Å². The quantitative estimate of drug-likeness (QED) is 0.917. The van der Waals surface area contributed by atoms with Gasteiger partial charge < -0.3 is 15.1 Å². The van der Waals surface area contributed by atoms with Crippen LogP contribution >= 0.6 is 0 Å². The SMILES string of the molecule is C[C@H]1CN(Cc2ccccc2N(C)C2CCN(C)CC2)CCN1. The van der Waals surface area contributed by atoms with Gasteiger partial charge in [-0.2, -0.15) is 0 Å². The lowest BCUT2D eigenvalue weighted by atomic mass is 10.0. The van der Waals surface area contributed by atoms with Gasteiger partial charge in [0.2, 0.25) is 0 Å². The van der Waals surface area contributed by atoms with Crippen LogP contribution < -0.4 is 10.2 Å². The average molecular weight is 316 g/mol. The van der Waals surface area contributed by atoms with Crippen LogP contribution in [0.5, 0.6) is 0 Å². The predicted molar refractivity (Wildman–Crippen MR) is 98.1 cm³/mol.